The lowest BCUT2D eigenvalue weighted by atomic mass is 10.4. The van der Waals surface area contributed by atoms with E-state index >= 15 is 0 Å². The van der Waals surface area contributed by atoms with Crippen LogP contribution in [0.4, 0.5) is 5.82 Å². The van der Waals surface area contributed by atoms with Gasteiger partial charge in [-0.3, -0.25) is 0 Å². The number of hydrogen-bond donors (Lipinski definition) is 2. The Balaban J connectivity index is 0.000000123. The summed E-state index contributed by atoms with van der Waals surface area (Å²) in [5.41, 5.74) is 7.79. The molecule has 0 aromatic carbocycles. The predicted octanol–water partition coefficient (Wildman–Crippen LogP) is 0.250. The molecule has 4 heterocycles. The van der Waals surface area contributed by atoms with E-state index in [9.17, 15) is 0 Å². The fraction of sp³-hybridized carbons (Fsp3) is 0.0909. The molecule has 3 N–H and O–H groups in total. The van der Waals surface area contributed by atoms with E-state index in [4.69, 9.17) is 5.73 Å². The maximum atomic E-state index is 5.54. The minimum absolute atomic E-state index is 0.426. The van der Waals surface area contributed by atoms with Gasteiger partial charge in [0.15, 0.2) is 17.3 Å². The molecule has 0 aliphatic carbocycles. The van der Waals surface area contributed by atoms with E-state index in [2.05, 4.69) is 34.9 Å². The predicted molar refractivity (Wildman–Crippen MR) is 71.5 cm³/mol. The summed E-state index contributed by atoms with van der Waals surface area (Å²) in [4.78, 5) is 26.4. The molecule has 0 radical (unpaired) electrons. The highest BCUT2D eigenvalue weighted by molar-refractivity contribution is 5.67. The van der Waals surface area contributed by atoms with Gasteiger partial charge in [0.2, 0.25) is 0 Å². The number of anilines is 1. The summed E-state index contributed by atoms with van der Waals surface area (Å²) < 4.78 is 1.78. The first-order valence-corrected chi connectivity index (χ1v) is 5.72. The zero-order valence-electron chi connectivity index (χ0n) is 10.6. The summed E-state index contributed by atoms with van der Waals surface area (Å²) in [6, 6.07) is 0. The number of H-pyrrole nitrogens is 1. The molecule has 2 aliphatic rings. The van der Waals surface area contributed by atoms with Gasteiger partial charge in [-0.1, -0.05) is 0 Å². The molecule has 100 valence electrons. The highest BCUT2D eigenvalue weighted by atomic mass is 15.1. The van der Waals surface area contributed by atoms with Crippen molar-refractivity contribution in [2.75, 3.05) is 5.73 Å². The first kappa shape index (κ1) is 12.0. The molecule has 0 unspecified atom stereocenters. The molecule has 0 bridgehead atoms. The molecular weight excluding hydrogens is 258 g/mol. The van der Waals surface area contributed by atoms with E-state index in [0.717, 1.165) is 17.0 Å². The topological polar surface area (TPSA) is 124 Å². The zero-order valence-corrected chi connectivity index (χ0v) is 10.6. The van der Waals surface area contributed by atoms with Gasteiger partial charge in [-0.2, -0.15) is 0 Å². The molecule has 0 amide bonds. The lowest BCUT2D eigenvalue weighted by Gasteiger charge is -2.04. The summed E-state index contributed by atoms with van der Waals surface area (Å²) in [7, 11) is 1.85. The number of fused-ring (bicyclic) bond motifs is 2. The molecule has 2 aliphatic heterocycles. The molecule has 20 heavy (non-hydrogen) atoms. The van der Waals surface area contributed by atoms with Crippen LogP contribution in [0.25, 0.3) is 22.7 Å². The van der Waals surface area contributed by atoms with Gasteiger partial charge in [0, 0.05) is 7.05 Å². The lowest BCUT2D eigenvalue weighted by Crippen LogP contribution is -2.03. The van der Waals surface area contributed by atoms with Crippen LogP contribution < -0.4 is 5.73 Å². The summed E-state index contributed by atoms with van der Waals surface area (Å²) in [5.74, 6) is 1.19. The fourth-order valence-electron chi connectivity index (χ4n) is 1.65. The first-order chi connectivity index (χ1) is 9.75. The van der Waals surface area contributed by atoms with Gasteiger partial charge in [0.1, 0.15) is 23.9 Å². The van der Waals surface area contributed by atoms with Crippen LogP contribution in [-0.2, 0) is 7.05 Å². The Morgan fingerprint density at radius 1 is 1.10 bits per heavy atom. The van der Waals surface area contributed by atoms with Crippen molar-refractivity contribution in [1.29, 1.82) is 0 Å². The molecule has 0 spiro atoms. The molecule has 4 rings (SSSR count). The second-order valence-electron chi connectivity index (χ2n) is 3.95. The van der Waals surface area contributed by atoms with Crippen molar-refractivity contribution in [2.45, 2.75) is 0 Å². The van der Waals surface area contributed by atoms with Gasteiger partial charge in [-0.15, -0.1) is 0 Å². The molecule has 9 nitrogen and oxygen atoms in total. The number of aromatic nitrogens is 8. The smallest absolute Gasteiger partial charge is 0.165 e. The molecule has 0 fully saturated rings. The number of nitrogens with zero attached hydrogens (tertiary/aromatic N) is 7. The SMILES string of the molecule is Cn1cnc(N)c2ncnc1-2.c1ncc2nc[nH]c2n1. The molecule has 0 saturated heterocycles. The quantitative estimate of drug-likeness (QED) is 0.468. The van der Waals surface area contributed by atoms with Crippen molar-refractivity contribution in [2.24, 2.45) is 7.05 Å². The molecule has 2 aromatic heterocycles. The third-order valence-corrected chi connectivity index (χ3v) is 2.62. The maximum absolute atomic E-state index is 5.54. The maximum Gasteiger partial charge on any atom is 0.165 e. The normalized spacial score (nSPS) is 10.4. The second kappa shape index (κ2) is 4.88. The minimum Gasteiger partial charge on any atom is -0.382 e. The average molecular weight is 269 g/mol. The Labute approximate surface area is 113 Å². The average Bonchev–Trinajstić information content (AvgIpc) is 3.12. The van der Waals surface area contributed by atoms with Gasteiger partial charge in [-0.05, 0) is 0 Å². The fourth-order valence-corrected chi connectivity index (χ4v) is 1.65. The number of nitrogen functional groups attached to an aromatic ring is 1. The van der Waals surface area contributed by atoms with Crippen molar-refractivity contribution in [1.82, 2.24) is 39.5 Å². The number of aryl methyl sites for hydroxylation is 1. The Morgan fingerprint density at radius 3 is 2.80 bits per heavy atom. The van der Waals surface area contributed by atoms with Crippen LogP contribution in [0.3, 0.4) is 0 Å². The summed E-state index contributed by atoms with van der Waals surface area (Å²) in [6.45, 7) is 0. The Morgan fingerprint density at radius 2 is 2.00 bits per heavy atom. The number of aromatic amines is 1. The van der Waals surface area contributed by atoms with Gasteiger partial charge >= 0.3 is 0 Å². The van der Waals surface area contributed by atoms with Crippen molar-refractivity contribution in [3.05, 3.63) is 31.5 Å². The van der Waals surface area contributed by atoms with Crippen LogP contribution in [-0.4, -0.2) is 39.5 Å². The third kappa shape index (κ3) is 2.11. The van der Waals surface area contributed by atoms with Crippen LogP contribution >= 0.6 is 0 Å². The highest BCUT2D eigenvalue weighted by Gasteiger charge is 2.11. The minimum atomic E-state index is 0.426. The Bertz CT molecular complexity index is 739. The molecule has 2 aromatic rings. The van der Waals surface area contributed by atoms with E-state index in [1.165, 1.54) is 12.7 Å². The number of imidazole rings is 2. The first-order valence-electron chi connectivity index (χ1n) is 5.72. The highest BCUT2D eigenvalue weighted by Crippen LogP contribution is 2.19. The zero-order chi connectivity index (χ0) is 13.9. The number of nitrogens with two attached hydrogens (primary N) is 1. The summed E-state index contributed by atoms with van der Waals surface area (Å²) in [5, 5.41) is 0. The van der Waals surface area contributed by atoms with E-state index in [0.29, 0.717) is 11.5 Å². The van der Waals surface area contributed by atoms with E-state index in [1.54, 1.807) is 23.4 Å². The van der Waals surface area contributed by atoms with E-state index in [1.807, 2.05) is 7.05 Å². The van der Waals surface area contributed by atoms with Crippen LogP contribution in [0.1, 0.15) is 0 Å². The van der Waals surface area contributed by atoms with Gasteiger partial charge in [-0.25, -0.2) is 29.9 Å². The standard InChI is InChI=1S/C6H7N5.C5H4N4/c1-11-3-10-5(7)4-6(11)9-2-8-4;1-4-5(8-2-6-1)9-3-7-4/h2-3H,7H2,1H3;1-3H,(H,6,7,8,9). The van der Waals surface area contributed by atoms with E-state index < -0.39 is 0 Å². The lowest BCUT2D eigenvalue weighted by molar-refractivity contribution is 0.855. The largest absolute Gasteiger partial charge is 0.382 e. The molecule has 9 heteroatoms. The van der Waals surface area contributed by atoms with Gasteiger partial charge < -0.3 is 15.3 Å². The van der Waals surface area contributed by atoms with Crippen LogP contribution in [0.2, 0.25) is 0 Å². The Kier molecular flexibility index (Phi) is 2.92. The van der Waals surface area contributed by atoms with Crippen LogP contribution in [0.5, 0.6) is 0 Å². The number of rotatable bonds is 0. The second-order valence-corrected chi connectivity index (χ2v) is 3.95. The number of nitrogens with one attached hydrogen (secondary N) is 1. The molecule has 0 atom stereocenters. The van der Waals surface area contributed by atoms with Crippen molar-refractivity contribution >= 4 is 17.0 Å². The Hall–Kier alpha value is -3.10. The summed E-state index contributed by atoms with van der Waals surface area (Å²) in [6.07, 6.45) is 7.84. The van der Waals surface area contributed by atoms with Crippen LogP contribution in [0, 0.1) is 0 Å². The van der Waals surface area contributed by atoms with Crippen LogP contribution in [0.15, 0.2) is 31.5 Å². The number of hydrogen-bond acceptors (Lipinski definition) is 7. The molecular formula is C11H11N9. The summed E-state index contributed by atoms with van der Waals surface area (Å²) >= 11 is 0. The van der Waals surface area contributed by atoms with Gasteiger partial charge in [0.25, 0.3) is 0 Å². The monoisotopic (exact) mass is 269 g/mol. The van der Waals surface area contributed by atoms with E-state index in [-0.39, 0.29) is 0 Å². The molecule has 0 saturated carbocycles. The van der Waals surface area contributed by atoms with Gasteiger partial charge in [0.05, 0.1) is 18.9 Å². The van der Waals surface area contributed by atoms with Crippen molar-refractivity contribution < 1.29 is 0 Å². The van der Waals surface area contributed by atoms with Crippen molar-refractivity contribution in [3.8, 4) is 11.5 Å². The van der Waals surface area contributed by atoms with Crippen molar-refractivity contribution in [3.63, 3.8) is 0 Å². The third-order valence-electron chi connectivity index (χ3n) is 2.62.